The van der Waals surface area contributed by atoms with Crippen molar-refractivity contribution in [2.45, 2.75) is 51.4 Å². The topological polar surface area (TPSA) is 79.3 Å². The van der Waals surface area contributed by atoms with E-state index in [-0.39, 0.29) is 11.5 Å². The fourth-order valence-corrected chi connectivity index (χ4v) is 2.42. The number of carboxylic acid groups (broad SMARTS) is 1. The summed E-state index contributed by atoms with van der Waals surface area (Å²) >= 11 is 0. The molecule has 124 valence electrons. The Kier molecular flexibility index (Phi) is 6.10. The van der Waals surface area contributed by atoms with Gasteiger partial charge in [-0.2, -0.15) is 0 Å². The van der Waals surface area contributed by atoms with Gasteiger partial charge in [-0.25, -0.2) is 4.79 Å². The van der Waals surface area contributed by atoms with E-state index < -0.39 is 26.0 Å². The second-order valence-corrected chi connectivity index (χ2v) is 12.0. The van der Waals surface area contributed by atoms with Crippen LogP contribution in [0.4, 0.5) is 0 Å². The Morgan fingerprint density at radius 3 is 2.52 bits per heavy atom. The van der Waals surface area contributed by atoms with Crippen molar-refractivity contribution in [1.82, 2.24) is 10.3 Å². The van der Waals surface area contributed by atoms with E-state index in [2.05, 4.69) is 55.6 Å². The first-order chi connectivity index (χ1) is 10.5. The summed E-state index contributed by atoms with van der Waals surface area (Å²) in [5.74, 6) is 1.42. The van der Waals surface area contributed by atoms with Crippen molar-refractivity contribution in [3.63, 3.8) is 0 Å². The molecule has 1 atom stereocenters. The van der Waals surface area contributed by atoms with Gasteiger partial charge in [0.2, 0.25) is 0 Å². The molecule has 0 aromatic carbocycles. The third kappa shape index (κ3) is 5.53. The lowest BCUT2D eigenvalue weighted by Gasteiger charge is -2.31. The van der Waals surface area contributed by atoms with E-state index in [1.54, 1.807) is 18.3 Å². The molecule has 0 aliphatic rings. The van der Waals surface area contributed by atoms with E-state index in [1.165, 1.54) is 6.20 Å². The molecule has 0 saturated heterocycles. The Bertz CT molecular complexity index is 625. The molecular formula is C17H24N2O3Si. The van der Waals surface area contributed by atoms with Crippen LogP contribution in [0.25, 0.3) is 0 Å². The van der Waals surface area contributed by atoms with Gasteiger partial charge in [0.15, 0.2) is 0 Å². The van der Waals surface area contributed by atoms with Crippen molar-refractivity contribution < 1.29 is 14.7 Å². The highest BCUT2D eigenvalue weighted by Crippen LogP contribution is 2.35. The normalized spacial score (nSPS) is 12.7. The zero-order valence-electron chi connectivity index (χ0n) is 14.3. The summed E-state index contributed by atoms with van der Waals surface area (Å²) in [6.45, 7) is 10.8. The minimum absolute atomic E-state index is 0.0911. The van der Waals surface area contributed by atoms with E-state index in [0.29, 0.717) is 5.56 Å². The molecule has 1 heterocycles. The molecule has 0 saturated carbocycles. The molecule has 1 amide bonds. The molecule has 0 bridgehead atoms. The summed E-state index contributed by atoms with van der Waals surface area (Å²) in [5, 5.41) is 11.9. The summed E-state index contributed by atoms with van der Waals surface area (Å²) in [4.78, 5) is 27.2. The fourth-order valence-electron chi connectivity index (χ4n) is 1.50. The average molecular weight is 332 g/mol. The van der Waals surface area contributed by atoms with E-state index in [0.717, 1.165) is 0 Å². The monoisotopic (exact) mass is 332 g/mol. The van der Waals surface area contributed by atoms with Crippen LogP contribution >= 0.6 is 0 Å². The highest BCUT2D eigenvalue weighted by Gasteiger charge is 2.33. The van der Waals surface area contributed by atoms with Crippen molar-refractivity contribution in [1.29, 1.82) is 0 Å². The third-order valence-electron chi connectivity index (χ3n) is 4.11. The summed E-state index contributed by atoms with van der Waals surface area (Å²) < 4.78 is 0. The van der Waals surface area contributed by atoms with Gasteiger partial charge >= 0.3 is 5.97 Å². The van der Waals surface area contributed by atoms with Crippen LogP contribution in [-0.2, 0) is 4.79 Å². The van der Waals surface area contributed by atoms with E-state index in [9.17, 15) is 14.7 Å². The smallest absolute Gasteiger partial charge is 0.327 e. The van der Waals surface area contributed by atoms with E-state index in [1.807, 2.05) is 0 Å². The highest BCUT2D eigenvalue weighted by molar-refractivity contribution is 6.87. The number of carboxylic acids is 1. The van der Waals surface area contributed by atoms with Gasteiger partial charge < -0.3 is 10.4 Å². The summed E-state index contributed by atoms with van der Waals surface area (Å²) in [7, 11) is -1.79. The number of carbonyl (C=O) groups excluding carboxylic acids is 1. The Morgan fingerprint density at radius 2 is 2.04 bits per heavy atom. The summed E-state index contributed by atoms with van der Waals surface area (Å²) in [6, 6.07) is 2.18. The molecule has 1 aromatic rings. The average Bonchev–Trinajstić information content (AvgIpc) is 2.45. The van der Waals surface area contributed by atoms with Crippen LogP contribution in [0.1, 0.15) is 37.6 Å². The SMILES string of the molecule is CC(C)(C)[Si](C)(C)C#CC[C@@H](NC(=O)c1cccnc1)C(=O)O. The number of carbonyl (C=O) groups is 2. The first kappa shape index (κ1) is 18.9. The molecule has 1 aromatic heterocycles. The molecule has 5 nitrogen and oxygen atoms in total. The van der Waals surface area contributed by atoms with Crippen molar-refractivity contribution in [2.75, 3.05) is 0 Å². The fraction of sp³-hybridized carbons (Fsp3) is 0.471. The second kappa shape index (κ2) is 7.42. The predicted octanol–water partition coefficient (Wildman–Crippen LogP) is 2.71. The van der Waals surface area contributed by atoms with Crippen LogP contribution in [-0.4, -0.2) is 36.1 Å². The number of rotatable bonds is 4. The number of pyridine rings is 1. The molecule has 0 radical (unpaired) electrons. The van der Waals surface area contributed by atoms with Crippen molar-refractivity contribution in [3.05, 3.63) is 30.1 Å². The molecule has 0 unspecified atom stereocenters. The van der Waals surface area contributed by atoms with Crippen LogP contribution < -0.4 is 5.32 Å². The van der Waals surface area contributed by atoms with E-state index >= 15 is 0 Å². The number of hydrogen-bond donors (Lipinski definition) is 2. The second-order valence-electron chi connectivity index (χ2n) is 6.99. The Labute approximate surface area is 138 Å². The number of aromatic nitrogens is 1. The van der Waals surface area contributed by atoms with Crippen molar-refractivity contribution >= 4 is 20.0 Å². The first-order valence-corrected chi connectivity index (χ1v) is 10.5. The Hall–Kier alpha value is -2.13. The van der Waals surface area contributed by atoms with Crippen molar-refractivity contribution in [2.24, 2.45) is 0 Å². The molecule has 0 aliphatic carbocycles. The molecule has 1 rings (SSSR count). The van der Waals surface area contributed by atoms with Gasteiger partial charge in [-0.05, 0) is 17.2 Å². The van der Waals surface area contributed by atoms with Gasteiger partial charge in [0.05, 0.1) is 5.56 Å². The number of amides is 1. The van der Waals surface area contributed by atoms with Crippen LogP contribution in [0.3, 0.4) is 0 Å². The summed E-state index contributed by atoms with van der Waals surface area (Å²) in [6.07, 6.45) is 3.04. The molecule has 0 fully saturated rings. The number of hydrogen-bond acceptors (Lipinski definition) is 3. The molecule has 0 spiro atoms. The lowest BCUT2D eigenvalue weighted by atomic mass is 10.2. The maximum absolute atomic E-state index is 12.0. The van der Waals surface area contributed by atoms with Crippen LogP contribution in [0.2, 0.25) is 18.1 Å². The third-order valence-corrected chi connectivity index (χ3v) is 8.66. The number of nitrogens with one attached hydrogen (secondary N) is 1. The van der Waals surface area contributed by atoms with Gasteiger partial charge in [0, 0.05) is 18.8 Å². The predicted molar refractivity (Wildman–Crippen MR) is 92.7 cm³/mol. The van der Waals surface area contributed by atoms with Crippen molar-refractivity contribution in [3.8, 4) is 11.5 Å². The van der Waals surface area contributed by atoms with Gasteiger partial charge in [-0.15, -0.1) is 11.5 Å². The van der Waals surface area contributed by atoms with Crippen LogP contribution in [0.5, 0.6) is 0 Å². The van der Waals surface area contributed by atoms with E-state index in [4.69, 9.17) is 0 Å². The number of aliphatic carboxylic acids is 1. The maximum Gasteiger partial charge on any atom is 0.327 e. The van der Waals surface area contributed by atoms with Crippen LogP contribution in [0.15, 0.2) is 24.5 Å². The molecule has 0 aliphatic heterocycles. The van der Waals surface area contributed by atoms with Crippen LogP contribution in [0, 0.1) is 11.5 Å². The van der Waals surface area contributed by atoms with Gasteiger partial charge in [-0.3, -0.25) is 9.78 Å². The minimum Gasteiger partial charge on any atom is -0.480 e. The first-order valence-electron chi connectivity index (χ1n) is 7.48. The number of nitrogens with zero attached hydrogens (tertiary/aromatic N) is 1. The minimum atomic E-state index is -1.79. The zero-order valence-corrected chi connectivity index (χ0v) is 15.3. The largest absolute Gasteiger partial charge is 0.480 e. The van der Waals surface area contributed by atoms with Gasteiger partial charge in [0.1, 0.15) is 14.1 Å². The highest BCUT2D eigenvalue weighted by atomic mass is 28.3. The maximum atomic E-state index is 12.0. The lowest BCUT2D eigenvalue weighted by molar-refractivity contribution is -0.139. The molecular weight excluding hydrogens is 308 g/mol. The Morgan fingerprint density at radius 1 is 1.39 bits per heavy atom. The van der Waals surface area contributed by atoms with Gasteiger partial charge in [-0.1, -0.05) is 33.9 Å². The molecule has 6 heteroatoms. The molecule has 23 heavy (non-hydrogen) atoms. The Balaban J connectivity index is 2.79. The summed E-state index contributed by atoms with van der Waals surface area (Å²) in [5.41, 5.74) is 3.59. The zero-order chi connectivity index (χ0) is 17.7. The standard InChI is InChI=1S/C17H24N2O3Si/c1-17(2,3)23(4,5)11-7-9-14(16(21)22)19-15(20)13-8-6-10-18-12-13/h6,8,10,12,14H,9H2,1-5H3,(H,19,20)(H,21,22)/t14-/m1/s1. The molecule has 2 N–H and O–H groups in total. The van der Waals surface area contributed by atoms with Gasteiger partial charge in [0.25, 0.3) is 5.91 Å². The quantitative estimate of drug-likeness (QED) is 0.656. The lowest BCUT2D eigenvalue weighted by Crippen LogP contribution is -2.41.